The normalized spacial score (nSPS) is 11.0. The lowest BCUT2D eigenvalue weighted by Gasteiger charge is -2.16. The second kappa shape index (κ2) is 6.61. The lowest BCUT2D eigenvalue weighted by Crippen LogP contribution is -2.26. The van der Waals surface area contributed by atoms with Crippen LogP contribution in [0.25, 0.3) is 11.5 Å². The number of aromatic nitrogens is 5. The van der Waals surface area contributed by atoms with E-state index in [0.29, 0.717) is 23.0 Å². The van der Waals surface area contributed by atoms with E-state index >= 15 is 0 Å². The summed E-state index contributed by atoms with van der Waals surface area (Å²) in [6, 6.07) is 9.77. The van der Waals surface area contributed by atoms with Crippen molar-refractivity contribution >= 4 is 23.3 Å². The standard InChI is InChI=1S/C18H15ClN6O/c1-23(10-13-3-5-15(6-4-13)25-8-2-7-21-25)17(26)16-12-24-11-14(19)9-20-18(24)22-16/h2-9,11-12H,10H2,1H3. The summed E-state index contributed by atoms with van der Waals surface area (Å²) in [7, 11) is 1.74. The fraction of sp³-hybridized carbons (Fsp3) is 0.111. The molecule has 0 spiro atoms. The van der Waals surface area contributed by atoms with Crippen LogP contribution in [0.3, 0.4) is 0 Å². The Labute approximate surface area is 154 Å². The molecule has 0 radical (unpaired) electrons. The predicted molar refractivity (Wildman–Crippen MR) is 97.4 cm³/mol. The van der Waals surface area contributed by atoms with Crippen LogP contribution < -0.4 is 0 Å². The Morgan fingerprint density at radius 2 is 2.04 bits per heavy atom. The number of hydrogen-bond donors (Lipinski definition) is 0. The molecule has 3 aromatic heterocycles. The summed E-state index contributed by atoms with van der Waals surface area (Å²) < 4.78 is 3.43. The summed E-state index contributed by atoms with van der Waals surface area (Å²) >= 11 is 5.91. The molecule has 0 aliphatic heterocycles. The summed E-state index contributed by atoms with van der Waals surface area (Å²) in [4.78, 5) is 22.6. The average molecular weight is 367 g/mol. The maximum Gasteiger partial charge on any atom is 0.274 e. The van der Waals surface area contributed by atoms with E-state index in [-0.39, 0.29) is 5.91 Å². The smallest absolute Gasteiger partial charge is 0.274 e. The SMILES string of the molecule is CN(Cc1ccc(-n2cccn2)cc1)C(=O)c1cn2cc(Cl)cnc2n1. The number of hydrogen-bond acceptors (Lipinski definition) is 4. The first-order chi connectivity index (χ1) is 12.6. The highest BCUT2D eigenvalue weighted by Gasteiger charge is 2.16. The molecule has 0 saturated carbocycles. The van der Waals surface area contributed by atoms with Crippen molar-refractivity contribution in [3.8, 4) is 5.69 Å². The lowest BCUT2D eigenvalue weighted by molar-refractivity contribution is 0.0780. The number of imidazole rings is 1. The van der Waals surface area contributed by atoms with Crippen molar-refractivity contribution in [3.63, 3.8) is 0 Å². The number of rotatable bonds is 4. The Morgan fingerprint density at radius 3 is 2.77 bits per heavy atom. The highest BCUT2D eigenvalue weighted by atomic mass is 35.5. The Hall–Kier alpha value is -3.19. The van der Waals surface area contributed by atoms with Crippen LogP contribution in [0.15, 0.2) is 61.3 Å². The van der Waals surface area contributed by atoms with Gasteiger partial charge in [0, 0.05) is 38.4 Å². The van der Waals surface area contributed by atoms with E-state index in [0.717, 1.165) is 11.3 Å². The largest absolute Gasteiger partial charge is 0.336 e. The highest BCUT2D eigenvalue weighted by molar-refractivity contribution is 6.30. The molecule has 1 aromatic carbocycles. The number of amides is 1. The van der Waals surface area contributed by atoms with E-state index < -0.39 is 0 Å². The first-order valence-electron chi connectivity index (χ1n) is 7.95. The molecule has 7 nitrogen and oxygen atoms in total. The third-order valence-corrected chi connectivity index (χ3v) is 4.16. The van der Waals surface area contributed by atoms with Crippen LogP contribution in [0.2, 0.25) is 5.02 Å². The van der Waals surface area contributed by atoms with Gasteiger partial charge in [-0.2, -0.15) is 5.10 Å². The maximum absolute atomic E-state index is 12.6. The molecule has 130 valence electrons. The summed E-state index contributed by atoms with van der Waals surface area (Å²) in [6.45, 7) is 0.472. The van der Waals surface area contributed by atoms with Gasteiger partial charge in [0.15, 0.2) is 0 Å². The van der Waals surface area contributed by atoms with Crippen LogP contribution in [0.5, 0.6) is 0 Å². The Kier molecular flexibility index (Phi) is 4.14. The number of nitrogens with zero attached hydrogens (tertiary/aromatic N) is 6. The number of fused-ring (bicyclic) bond motifs is 1. The van der Waals surface area contributed by atoms with Gasteiger partial charge in [-0.1, -0.05) is 23.7 Å². The summed E-state index contributed by atoms with van der Waals surface area (Å²) in [5.74, 6) is 0.262. The number of benzene rings is 1. The molecule has 0 aliphatic carbocycles. The van der Waals surface area contributed by atoms with Gasteiger partial charge in [0.2, 0.25) is 5.78 Å². The van der Waals surface area contributed by atoms with Gasteiger partial charge in [-0.15, -0.1) is 0 Å². The van der Waals surface area contributed by atoms with E-state index in [1.807, 2.05) is 36.5 Å². The second-order valence-corrected chi connectivity index (χ2v) is 6.32. The maximum atomic E-state index is 12.6. The summed E-state index contributed by atoms with van der Waals surface area (Å²) in [6.07, 6.45) is 8.42. The Balaban J connectivity index is 1.49. The molecule has 0 aliphatic rings. The van der Waals surface area contributed by atoms with E-state index in [2.05, 4.69) is 15.1 Å². The fourth-order valence-corrected chi connectivity index (χ4v) is 2.83. The van der Waals surface area contributed by atoms with E-state index in [9.17, 15) is 4.79 Å². The van der Waals surface area contributed by atoms with E-state index in [4.69, 9.17) is 11.6 Å². The van der Waals surface area contributed by atoms with Crippen LogP contribution in [0, 0.1) is 0 Å². The number of halogens is 1. The number of carbonyl (C=O) groups excluding carboxylic acids is 1. The van der Waals surface area contributed by atoms with E-state index in [1.165, 1.54) is 6.20 Å². The van der Waals surface area contributed by atoms with Crippen molar-refractivity contribution in [1.29, 1.82) is 0 Å². The van der Waals surface area contributed by atoms with Crippen molar-refractivity contribution in [2.45, 2.75) is 6.54 Å². The molecular formula is C18H15ClN6O. The predicted octanol–water partition coefficient (Wildman–Crippen LogP) is 2.84. The molecule has 0 saturated heterocycles. The zero-order valence-corrected chi connectivity index (χ0v) is 14.7. The van der Waals surface area contributed by atoms with Gasteiger partial charge in [0.1, 0.15) is 5.69 Å². The van der Waals surface area contributed by atoms with Gasteiger partial charge in [0.25, 0.3) is 5.91 Å². The van der Waals surface area contributed by atoms with Crippen molar-refractivity contribution < 1.29 is 4.79 Å². The van der Waals surface area contributed by atoms with Crippen LogP contribution >= 0.6 is 11.6 Å². The molecule has 3 heterocycles. The molecule has 0 atom stereocenters. The summed E-state index contributed by atoms with van der Waals surface area (Å²) in [5.41, 5.74) is 2.31. The Bertz CT molecular complexity index is 1060. The first kappa shape index (κ1) is 16.3. The van der Waals surface area contributed by atoms with Crippen LogP contribution in [0.4, 0.5) is 0 Å². The van der Waals surface area contributed by atoms with Crippen LogP contribution in [-0.4, -0.2) is 42.0 Å². The summed E-state index contributed by atoms with van der Waals surface area (Å²) in [5, 5.41) is 4.68. The molecule has 0 bridgehead atoms. The molecule has 4 rings (SSSR count). The quantitative estimate of drug-likeness (QED) is 0.557. The first-order valence-corrected chi connectivity index (χ1v) is 8.32. The number of carbonyl (C=O) groups is 1. The molecule has 1 amide bonds. The van der Waals surface area contributed by atoms with Crippen LogP contribution in [-0.2, 0) is 6.54 Å². The van der Waals surface area contributed by atoms with Crippen molar-refractivity contribution in [1.82, 2.24) is 29.0 Å². The van der Waals surface area contributed by atoms with Crippen LogP contribution in [0.1, 0.15) is 16.1 Å². The van der Waals surface area contributed by atoms with Gasteiger partial charge in [0.05, 0.1) is 16.9 Å². The van der Waals surface area contributed by atoms with Gasteiger partial charge in [-0.3, -0.25) is 9.20 Å². The van der Waals surface area contributed by atoms with Gasteiger partial charge in [-0.05, 0) is 23.8 Å². The highest BCUT2D eigenvalue weighted by Crippen LogP contribution is 2.13. The van der Waals surface area contributed by atoms with Gasteiger partial charge < -0.3 is 4.90 Å². The zero-order chi connectivity index (χ0) is 18.1. The van der Waals surface area contributed by atoms with Crippen molar-refractivity contribution in [3.05, 3.63) is 77.6 Å². The average Bonchev–Trinajstić information content (AvgIpc) is 3.31. The molecule has 4 aromatic rings. The van der Waals surface area contributed by atoms with Gasteiger partial charge >= 0.3 is 0 Å². The second-order valence-electron chi connectivity index (χ2n) is 5.88. The molecule has 0 N–H and O–H groups in total. The minimum atomic E-state index is -0.178. The van der Waals surface area contributed by atoms with Crippen molar-refractivity contribution in [2.75, 3.05) is 7.05 Å². The lowest BCUT2D eigenvalue weighted by atomic mass is 10.2. The molecular weight excluding hydrogens is 352 g/mol. The van der Waals surface area contributed by atoms with Crippen molar-refractivity contribution in [2.24, 2.45) is 0 Å². The zero-order valence-electron chi connectivity index (χ0n) is 14.0. The van der Waals surface area contributed by atoms with Gasteiger partial charge in [-0.25, -0.2) is 14.6 Å². The fourth-order valence-electron chi connectivity index (χ4n) is 2.68. The topological polar surface area (TPSA) is 68.3 Å². The molecule has 0 unspecified atom stereocenters. The Morgan fingerprint density at radius 1 is 1.23 bits per heavy atom. The molecule has 0 fully saturated rings. The minimum absolute atomic E-state index is 0.178. The molecule has 26 heavy (non-hydrogen) atoms. The third kappa shape index (κ3) is 3.16. The molecule has 8 heteroatoms. The monoisotopic (exact) mass is 366 g/mol. The third-order valence-electron chi connectivity index (χ3n) is 3.97. The minimum Gasteiger partial charge on any atom is -0.336 e. The van der Waals surface area contributed by atoms with E-state index in [1.54, 1.807) is 39.6 Å².